The summed E-state index contributed by atoms with van der Waals surface area (Å²) in [4.78, 5) is 11.1. The molecule has 2 aromatic rings. The van der Waals surface area contributed by atoms with Gasteiger partial charge in [0.15, 0.2) is 0 Å². The number of benzene rings is 2. The van der Waals surface area contributed by atoms with Crippen molar-refractivity contribution in [1.82, 2.24) is 0 Å². The zero-order valence-electron chi connectivity index (χ0n) is 12.1. The van der Waals surface area contributed by atoms with E-state index in [2.05, 4.69) is 4.74 Å². The topological polar surface area (TPSA) is 44.8 Å². The lowest BCUT2D eigenvalue weighted by molar-refractivity contribution is -0.137. The third-order valence-electron chi connectivity index (χ3n) is 2.70. The molecular weight excluding hydrogens is 313 g/mol. The fraction of sp³-hybridized carbons (Fsp3) is 0.188. The minimum Gasteiger partial charge on any atom is -0.457 e. The van der Waals surface area contributed by atoms with Gasteiger partial charge in [0.2, 0.25) is 0 Å². The largest absolute Gasteiger partial charge is 0.513 e. The summed E-state index contributed by atoms with van der Waals surface area (Å²) in [5, 5.41) is 0. The van der Waals surface area contributed by atoms with Gasteiger partial charge in [0.05, 0.1) is 12.2 Å². The fourth-order valence-corrected chi connectivity index (χ4v) is 1.67. The van der Waals surface area contributed by atoms with Crippen LogP contribution in [0.4, 0.5) is 18.0 Å². The standard InChI is InChI=1S/C16H13F3O4/c1-2-21-15(20)23-14-9-7-13(8-10-14)22-12-5-3-11(4-6-12)16(17,18)19/h3-10H,2H2,1H3. The number of carbonyl (C=O) groups is 1. The molecule has 0 aliphatic rings. The average Bonchev–Trinajstić information content (AvgIpc) is 2.49. The summed E-state index contributed by atoms with van der Waals surface area (Å²) in [6.45, 7) is 1.86. The Morgan fingerprint density at radius 3 is 1.87 bits per heavy atom. The van der Waals surface area contributed by atoms with Gasteiger partial charge in [-0.05, 0) is 55.5 Å². The molecule has 2 aromatic carbocycles. The minimum absolute atomic E-state index is 0.202. The van der Waals surface area contributed by atoms with E-state index in [1.807, 2.05) is 0 Å². The molecule has 0 spiro atoms. The lowest BCUT2D eigenvalue weighted by atomic mass is 10.2. The first-order chi connectivity index (χ1) is 10.9. The van der Waals surface area contributed by atoms with Crippen LogP contribution in [0.15, 0.2) is 48.5 Å². The Morgan fingerprint density at radius 1 is 0.913 bits per heavy atom. The molecule has 23 heavy (non-hydrogen) atoms. The minimum atomic E-state index is -4.38. The maximum absolute atomic E-state index is 12.5. The highest BCUT2D eigenvalue weighted by atomic mass is 19.4. The Kier molecular flexibility index (Phi) is 5.10. The Morgan fingerprint density at radius 2 is 1.39 bits per heavy atom. The van der Waals surface area contributed by atoms with Crippen LogP contribution in [-0.4, -0.2) is 12.8 Å². The van der Waals surface area contributed by atoms with E-state index in [1.165, 1.54) is 36.4 Å². The van der Waals surface area contributed by atoms with Crippen LogP contribution in [0.1, 0.15) is 12.5 Å². The zero-order valence-corrected chi connectivity index (χ0v) is 12.1. The van der Waals surface area contributed by atoms with Gasteiger partial charge in [-0.1, -0.05) is 0 Å². The van der Waals surface area contributed by atoms with E-state index in [-0.39, 0.29) is 18.1 Å². The predicted octanol–water partition coefficient (Wildman–Crippen LogP) is 5.03. The Hall–Kier alpha value is -2.70. The van der Waals surface area contributed by atoms with Gasteiger partial charge in [0.1, 0.15) is 17.2 Å². The first-order valence-corrected chi connectivity index (χ1v) is 6.68. The molecule has 0 aliphatic carbocycles. The second-order valence-corrected chi connectivity index (χ2v) is 4.38. The van der Waals surface area contributed by atoms with E-state index in [1.54, 1.807) is 6.92 Å². The third kappa shape index (κ3) is 4.91. The zero-order chi connectivity index (χ0) is 16.9. The first kappa shape index (κ1) is 16.7. The van der Waals surface area contributed by atoms with Crippen molar-refractivity contribution in [3.8, 4) is 17.2 Å². The molecule has 0 heterocycles. The summed E-state index contributed by atoms with van der Waals surface area (Å²) < 4.78 is 52.3. The van der Waals surface area contributed by atoms with E-state index < -0.39 is 17.9 Å². The van der Waals surface area contributed by atoms with Crippen LogP contribution < -0.4 is 9.47 Å². The molecule has 0 atom stereocenters. The average molecular weight is 326 g/mol. The van der Waals surface area contributed by atoms with Crippen molar-refractivity contribution in [3.63, 3.8) is 0 Å². The van der Waals surface area contributed by atoms with Crippen molar-refractivity contribution in [2.24, 2.45) is 0 Å². The molecule has 0 radical (unpaired) electrons. The molecule has 0 bridgehead atoms. The molecule has 2 rings (SSSR count). The second kappa shape index (κ2) is 7.04. The highest BCUT2D eigenvalue weighted by Gasteiger charge is 2.30. The van der Waals surface area contributed by atoms with Crippen molar-refractivity contribution in [2.75, 3.05) is 6.61 Å². The summed E-state index contributed by atoms with van der Waals surface area (Å²) >= 11 is 0. The van der Waals surface area contributed by atoms with E-state index in [0.29, 0.717) is 5.75 Å². The summed E-state index contributed by atoms with van der Waals surface area (Å²) in [5.74, 6) is 0.918. The van der Waals surface area contributed by atoms with Gasteiger partial charge >= 0.3 is 12.3 Å². The number of hydrogen-bond donors (Lipinski definition) is 0. The van der Waals surface area contributed by atoms with Crippen LogP contribution in [0.2, 0.25) is 0 Å². The molecular formula is C16H13F3O4. The van der Waals surface area contributed by atoms with Gasteiger partial charge in [-0.25, -0.2) is 4.79 Å². The fourth-order valence-electron chi connectivity index (χ4n) is 1.67. The monoisotopic (exact) mass is 326 g/mol. The molecule has 0 saturated heterocycles. The van der Waals surface area contributed by atoms with Crippen LogP contribution in [0, 0.1) is 0 Å². The normalized spacial score (nSPS) is 11.0. The SMILES string of the molecule is CCOC(=O)Oc1ccc(Oc2ccc(C(F)(F)F)cc2)cc1. The quantitative estimate of drug-likeness (QED) is 0.584. The van der Waals surface area contributed by atoms with Crippen molar-refractivity contribution >= 4 is 6.16 Å². The molecule has 7 heteroatoms. The predicted molar refractivity (Wildman–Crippen MR) is 75.6 cm³/mol. The van der Waals surface area contributed by atoms with Crippen LogP contribution >= 0.6 is 0 Å². The maximum atomic E-state index is 12.5. The number of hydrogen-bond acceptors (Lipinski definition) is 4. The van der Waals surface area contributed by atoms with Gasteiger partial charge in [0.25, 0.3) is 0 Å². The number of halogens is 3. The van der Waals surface area contributed by atoms with Crippen molar-refractivity contribution in [1.29, 1.82) is 0 Å². The van der Waals surface area contributed by atoms with Crippen LogP contribution in [0.25, 0.3) is 0 Å². The molecule has 0 unspecified atom stereocenters. The number of alkyl halides is 3. The molecule has 0 aromatic heterocycles. The second-order valence-electron chi connectivity index (χ2n) is 4.38. The van der Waals surface area contributed by atoms with Crippen LogP contribution in [0.3, 0.4) is 0 Å². The molecule has 0 N–H and O–H groups in total. The molecule has 0 aliphatic heterocycles. The Labute approximate surface area is 130 Å². The lowest BCUT2D eigenvalue weighted by Crippen LogP contribution is -2.09. The van der Waals surface area contributed by atoms with Gasteiger partial charge < -0.3 is 14.2 Å². The van der Waals surface area contributed by atoms with E-state index in [9.17, 15) is 18.0 Å². The van der Waals surface area contributed by atoms with Gasteiger partial charge in [0, 0.05) is 0 Å². The van der Waals surface area contributed by atoms with E-state index in [0.717, 1.165) is 12.1 Å². The summed E-state index contributed by atoms with van der Waals surface area (Å²) in [7, 11) is 0. The Bertz CT molecular complexity index is 649. The molecule has 0 fully saturated rings. The van der Waals surface area contributed by atoms with Crippen LogP contribution in [0.5, 0.6) is 17.2 Å². The number of carbonyl (C=O) groups excluding carboxylic acids is 1. The van der Waals surface area contributed by atoms with E-state index in [4.69, 9.17) is 9.47 Å². The summed E-state index contributed by atoms with van der Waals surface area (Å²) in [6.07, 6.45) is -5.20. The number of ether oxygens (including phenoxy) is 3. The molecule has 0 saturated carbocycles. The Balaban J connectivity index is 1.99. The van der Waals surface area contributed by atoms with Gasteiger partial charge in [-0.3, -0.25) is 0 Å². The van der Waals surface area contributed by atoms with Gasteiger partial charge in [-0.15, -0.1) is 0 Å². The van der Waals surface area contributed by atoms with E-state index >= 15 is 0 Å². The smallest absolute Gasteiger partial charge is 0.457 e. The summed E-state index contributed by atoms with van der Waals surface area (Å²) in [5.41, 5.74) is -0.747. The molecule has 4 nitrogen and oxygen atoms in total. The first-order valence-electron chi connectivity index (χ1n) is 6.68. The highest BCUT2D eigenvalue weighted by Crippen LogP contribution is 2.31. The van der Waals surface area contributed by atoms with Gasteiger partial charge in [-0.2, -0.15) is 13.2 Å². The molecule has 122 valence electrons. The van der Waals surface area contributed by atoms with Crippen molar-refractivity contribution in [3.05, 3.63) is 54.1 Å². The number of rotatable bonds is 4. The van der Waals surface area contributed by atoms with Crippen molar-refractivity contribution < 1.29 is 32.2 Å². The highest BCUT2D eigenvalue weighted by molar-refractivity contribution is 5.63. The van der Waals surface area contributed by atoms with Crippen LogP contribution in [-0.2, 0) is 10.9 Å². The molecule has 0 amide bonds. The van der Waals surface area contributed by atoms with Crippen molar-refractivity contribution in [2.45, 2.75) is 13.1 Å². The summed E-state index contributed by atoms with van der Waals surface area (Å²) in [6, 6.07) is 10.3. The maximum Gasteiger partial charge on any atom is 0.513 e. The third-order valence-corrected chi connectivity index (χ3v) is 2.70. The lowest BCUT2D eigenvalue weighted by Gasteiger charge is -2.09.